The first-order valence-corrected chi connectivity index (χ1v) is 12.8. The van der Waals surface area contributed by atoms with Crippen molar-refractivity contribution in [2.75, 3.05) is 17.7 Å². The first-order chi connectivity index (χ1) is 16.1. The molecule has 9 heteroatoms. The van der Waals surface area contributed by atoms with E-state index < -0.39 is 0 Å². The van der Waals surface area contributed by atoms with Gasteiger partial charge in [0.1, 0.15) is 0 Å². The van der Waals surface area contributed by atoms with E-state index in [0.717, 1.165) is 24.2 Å². The number of rotatable bonds is 9. The molecule has 1 amide bonds. The number of aromatic nitrogens is 3. The molecule has 0 saturated heterocycles. The third-order valence-electron chi connectivity index (χ3n) is 5.34. The predicted molar refractivity (Wildman–Crippen MR) is 132 cm³/mol. The molecule has 33 heavy (non-hydrogen) atoms. The Bertz CT molecular complexity index is 1150. The van der Waals surface area contributed by atoms with Gasteiger partial charge >= 0.3 is 5.97 Å². The number of fused-ring (bicyclic) bond motifs is 1. The zero-order valence-corrected chi connectivity index (χ0v) is 20.1. The van der Waals surface area contributed by atoms with E-state index in [9.17, 15) is 9.59 Å². The van der Waals surface area contributed by atoms with Gasteiger partial charge in [0.15, 0.2) is 11.0 Å². The first kappa shape index (κ1) is 23.3. The number of allylic oxidation sites excluding steroid dienone is 1. The lowest BCUT2D eigenvalue weighted by molar-refractivity contribution is -0.113. The average Bonchev–Trinajstić information content (AvgIpc) is 3.42. The van der Waals surface area contributed by atoms with Crippen molar-refractivity contribution in [3.8, 4) is 11.4 Å². The number of nitrogens with one attached hydrogen (secondary N) is 1. The fourth-order valence-electron chi connectivity index (χ4n) is 3.80. The number of ether oxygens (including phenoxy) is 1. The van der Waals surface area contributed by atoms with Crippen LogP contribution >= 0.6 is 23.1 Å². The summed E-state index contributed by atoms with van der Waals surface area (Å²) in [6, 6.07) is 6.64. The molecule has 2 aromatic heterocycles. The lowest BCUT2D eigenvalue weighted by Crippen LogP contribution is -2.15. The molecule has 172 valence electrons. The number of benzene rings is 1. The van der Waals surface area contributed by atoms with Gasteiger partial charge in [-0.05, 0) is 62.4 Å². The highest BCUT2D eigenvalue weighted by Gasteiger charge is 2.22. The van der Waals surface area contributed by atoms with Gasteiger partial charge in [-0.1, -0.05) is 17.8 Å². The minimum atomic E-state index is -0.379. The molecule has 1 N–H and O–H groups in total. The van der Waals surface area contributed by atoms with E-state index in [4.69, 9.17) is 4.74 Å². The number of thioether (sulfide) groups is 1. The average molecular weight is 483 g/mol. The second kappa shape index (κ2) is 10.8. The van der Waals surface area contributed by atoms with Crippen LogP contribution in [0.15, 0.2) is 47.5 Å². The van der Waals surface area contributed by atoms with Crippen LogP contribution in [0.2, 0.25) is 0 Å². The summed E-state index contributed by atoms with van der Waals surface area (Å²) >= 11 is 3.14. The highest BCUT2D eigenvalue weighted by atomic mass is 32.2. The van der Waals surface area contributed by atoms with Crippen LogP contribution in [-0.2, 0) is 28.9 Å². The minimum Gasteiger partial charge on any atom is -0.462 e. The fourth-order valence-corrected chi connectivity index (χ4v) is 5.67. The molecule has 0 saturated carbocycles. The molecule has 4 rings (SSSR count). The van der Waals surface area contributed by atoms with E-state index in [2.05, 4.69) is 27.5 Å². The van der Waals surface area contributed by atoms with Crippen LogP contribution in [0.25, 0.3) is 11.4 Å². The smallest absolute Gasteiger partial charge is 0.338 e. The van der Waals surface area contributed by atoms with Crippen molar-refractivity contribution in [2.24, 2.45) is 0 Å². The number of carbonyl (C=O) groups excluding carboxylic acids is 2. The summed E-state index contributed by atoms with van der Waals surface area (Å²) in [5, 5.41) is 14.6. The summed E-state index contributed by atoms with van der Waals surface area (Å²) in [7, 11) is 0. The Morgan fingerprint density at radius 1 is 1.24 bits per heavy atom. The van der Waals surface area contributed by atoms with E-state index in [1.54, 1.807) is 42.5 Å². The standard InChI is InChI=1S/C24H26N4O3S2/c1-3-13-28-22(19-14-32-20-8-6-5-7-18(19)20)26-27-24(28)33-15-21(29)25-17-11-9-16(10-12-17)23(30)31-4-2/h3,9-12,14H,1,4-8,13,15H2,2H3,(H,25,29). The number of aryl methyl sites for hydroxylation is 1. The number of esters is 1. The van der Waals surface area contributed by atoms with Crippen molar-refractivity contribution in [1.29, 1.82) is 0 Å². The third-order valence-corrected chi connectivity index (χ3v) is 7.40. The molecule has 0 spiro atoms. The summed E-state index contributed by atoms with van der Waals surface area (Å²) in [5.41, 5.74) is 3.61. The number of amides is 1. The highest BCUT2D eigenvalue weighted by molar-refractivity contribution is 7.99. The highest BCUT2D eigenvalue weighted by Crippen LogP contribution is 2.36. The van der Waals surface area contributed by atoms with E-state index in [0.29, 0.717) is 29.6 Å². The van der Waals surface area contributed by atoms with Gasteiger partial charge in [0.2, 0.25) is 5.91 Å². The lowest BCUT2D eigenvalue weighted by Gasteiger charge is -2.13. The van der Waals surface area contributed by atoms with Gasteiger partial charge in [-0.2, -0.15) is 0 Å². The number of carbonyl (C=O) groups is 2. The SMILES string of the molecule is C=CCn1c(SCC(=O)Nc2ccc(C(=O)OCC)cc2)nnc1-c1csc2c1CCCC2. The lowest BCUT2D eigenvalue weighted by atomic mass is 9.95. The zero-order chi connectivity index (χ0) is 23.2. The number of anilines is 1. The molecule has 3 aromatic rings. The molecular formula is C24H26N4O3S2. The van der Waals surface area contributed by atoms with Crippen molar-refractivity contribution in [2.45, 2.75) is 44.3 Å². The van der Waals surface area contributed by atoms with Crippen LogP contribution in [-0.4, -0.2) is 39.0 Å². The third kappa shape index (κ3) is 5.36. The Hall–Kier alpha value is -2.91. The van der Waals surface area contributed by atoms with Gasteiger partial charge in [-0.15, -0.1) is 28.1 Å². The second-order valence-electron chi connectivity index (χ2n) is 7.60. The molecule has 0 aliphatic heterocycles. The fraction of sp³-hybridized carbons (Fsp3) is 0.333. The summed E-state index contributed by atoms with van der Waals surface area (Å²) < 4.78 is 7.00. The van der Waals surface area contributed by atoms with Crippen molar-refractivity contribution in [3.05, 3.63) is 58.3 Å². The van der Waals surface area contributed by atoms with Gasteiger partial charge in [-0.25, -0.2) is 4.79 Å². The van der Waals surface area contributed by atoms with E-state index >= 15 is 0 Å². The maximum Gasteiger partial charge on any atom is 0.338 e. The predicted octanol–water partition coefficient (Wildman–Crippen LogP) is 4.98. The van der Waals surface area contributed by atoms with Crippen molar-refractivity contribution >= 4 is 40.7 Å². The van der Waals surface area contributed by atoms with Gasteiger partial charge in [0.25, 0.3) is 0 Å². The summed E-state index contributed by atoms with van der Waals surface area (Å²) in [6.07, 6.45) is 6.48. The van der Waals surface area contributed by atoms with E-state index in [1.807, 2.05) is 10.6 Å². The summed E-state index contributed by atoms with van der Waals surface area (Å²) in [5.74, 6) is 0.491. The molecule has 1 aliphatic carbocycles. The topological polar surface area (TPSA) is 86.1 Å². The molecule has 1 aromatic carbocycles. The van der Waals surface area contributed by atoms with Crippen LogP contribution in [0.1, 0.15) is 40.6 Å². The van der Waals surface area contributed by atoms with Crippen LogP contribution < -0.4 is 5.32 Å². The molecule has 0 radical (unpaired) electrons. The number of nitrogens with zero attached hydrogens (tertiary/aromatic N) is 3. The Morgan fingerprint density at radius 3 is 2.79 bits per heavy atom. The van der Waals surface area contributed by atoms with Crippen LogP contribution in [0.3, 0.4) is 0 Å². The Labute approximate surface area is 201 Å². The van der Waals surface area contributed by atoms with Crippen molar-refractivity contribution in [3.63, 3.8) is 0 Å². The van der Waals surface area contributed by atoms with Crippen LogP contribution in [0, 0.1) is 0 Å². The Balaban J connectivity index is 1.42. The number of thiophene rings is 1. The minimum absolute atomic E-state index is 0.161. The molecule has 0 fully saturated rings. The van der Waals surface area contributed by atoms with Gasteiger partial charge in [0, 0.05) is 28.1 Å². The molecular weight excluding hydrogens is 456 g/mol. The molecule has 0 bridgehead atoms. The quantitative estimate of drug-likeness (QED) is 0.263. The maximum atomic E-state index is 12.5. The van der Waals surface area contributed by atoms with Crippen LogP contribution in [0.4, 0.5) is 5.69 Å². The zero-order valence-electron chi connectivity index (χ0n) is 18.5. The van der Waals surface area contributed by atoms with Crippen LogP contribution in [0.5, 0.6) is 0 Å². The maximum absolute atomic E-state index is 12.5. The first-order valence-electron chi connectivity index (χ1n) is 10.9. The molecule has 0 unspecified atom stereocenters. The summed E-state index contributed by atoms with van der Waals surface area (Å²) in [4.78, 5) is 25.7. The van der Waals surface area contributed by atoms with Gasteiger partial charge in [-0.3, -0.25) is 9.36 Å². The van der Waals surface area contributed by atoms with Gasteiger partial charge < -0.3 is 10.1 Å². The Kier molecular flexibility index (Phi) is 7.61. The molecule has 7 nitrogen and oxygen atoms in total. The summed E-state index contributed by atoms with van der Waals surface area (Å²) in [6.45, 7) is 6.53. The van der Waals surface area contributed by atoms with E-state index in [1.165, 1.54) is 35.0 Å². The molecule has 2 heterocycles. The molecule has 1 aliphatic rings. The second-order valence-corrected chi connectivity index (χ2v) is 9.51. The monoisotopic (exact) mass is 482 g/mol. The number of hydrogen-bond donors (Lipinski definition) is 1. The van der Waals surface area contributed by atoms with Crippen molar-refractivity contribution in [1.82, 2.24) is 14.8 Å². The largest absolute Gasteiger partial charge is 0.462 e. The number of hydrogen-bond acceptors (Lipinski definition) is 7. The van der Waals surface area contributed by atoms with Crippen molar-refractivity contribution < 1.29 is 14.3 Å². The Morgan fingerprint density at radius 2 is 2.03 bits per heavy atom. The van der Waals surface area contributed by atoms with Gasteiger partial charge in [0.05, 0.1) is 17.9 Å². The van der Waals surface area contributed by atoms with E-state index in [-0.39, 0.29) is 17.6 Å². The molecule has 0 atom stereocenters. The normalized spacial score (nSPS) is 12.8.